The van der Waals surface area contributed by atoms with Crippen molar-refractivity contribution in [2.24, 2.45) is 5.10 Å². The number of H-pyrrole nitrogens is 1. The third-order valence-electron chi connectivity index (χ3n) is 3.37. The zero-order valence-electron chi connectivity index (χ0n) is 12.7. The summed E-state index contributed by atoms with van der Waals surface area (Å²) in [5.74, 6) is -1.77. The summed E-state index contributed by atoms with van der Waals surface area (Å²) >= 11 is 11.6. The van der Waals surface area contributed by atoms with Gasteiger partial charge in [-0.05, 0) is 24.3 Å². The van der Waals surface area contributed by atoms with Crippen LogP contribution >= 0.6 is 23.2 Å². The topological polar surface area (TPSA) is 86.3 Å². The van der Waals surface area contributed by atoms with Crippen molar-refractivity contribution in [3.05, 3.63) is 64.3 Å². The highest BCUT2D eigenvalue weighted by molar-refractivity contribution is 6.43. The molecule has 25 heavy (non-hydrogen) atoms. The number of hydrogen-bond donors (Lipinski definition) is 3. The smallest absolute Gasteiger partial charge is 0.329 e. The molecular weight excluding hydrogens is 363 g/mol. The van der Waals surface area contributed by atoms with Crippen LogP contribution < -0.4 is 10.7 Å². The first-order chi connectivity index (χ1) is 12.0. The summed E-state index contributed by atoms with van der Waals surface area (Å²) in [5, 5.41) is 7.80. The highest BCUT2D eigenvalue weighted by Crippen LogP contribution is 2.24. The van der Waals surface area contributed by atoms with E-state index in [-0.39, 0.29) is 5.02 Å². The number of aromatic nitrogens is 1. The van der Waals surface area contributed by atoms with Crippen molar-refractivity contribution in [1.82, 2.24) is 10.4 Å². The fourth-order valence-electron chi connectivity index (χ4n) is 2.17. The van der Waals surface area contributed by atoms with Crippen LogP contribution in [0.3, 0.4) is 0 Å². The molecule has 126 valence electrons. The Kier molecular flexibility index (Phi) is 5.02. The maximum Gasteiger partial charge on any atom is 0.329 e. The Morgan fingerprint density at radius 2 is 1.84 bits per heavy atom. The molecule has 0 unspecified atom stereocenters. The van der Waals surface area contributed by atoms with E-state index in [2.05, 4.69) is 20.8 Å². The molecule has 0 aliphatic carbocycles. The number of carbonyl (C=O) groups is 2. The lowest BCUT2D eigenvalue weighted by atomic mass is 10.2. The molecule has 0 saturated heterocycles. The number of fused-ring (bicyclic) bond motifs is 1. The molecule has 0 aliphatic rings. The van der Waals surface area contributed by atoms with Gasteiger partial charge in [-0.15, -0.1) is 0 Å². The number of rotatable bonds is 3. The summed E-state index contributed by atoms with van der Waals surface area (Å²) in [6.07, 6.45) is 3.22. The number of anilines is 1. The molecule has 1 heterocycles. The van der Waals surface area contributed by atoms with Gasteiger partial charge < -0.3 is 10.3 Å². The molecule has 3 rings (SSSR count). The van der Waals surface area contributed by atoms with Crippen molar-refractivity contribution in [2.75, 3.05) is 5.32 Å². The van der Waals surface area contributed by atoms with E-state index in [4.69, 9.17) is 23.2 Å². The molecule has 2 aromatic carbocycles. The monoisotopic (exact) mass is 374 g/mol. The quantitative estimate of drug-likeness (QED) is 0.371. The summed E-state index contributed by atoms with van der Waals surface area (Å²) in [4.78, 5) is 26.7. The average molecular weight is 375 g/mol. The number of aromatic amines is 1. The molecule has 3 aromatic rings. The second kappa shape index (κ2) is 7.38. The summed E-state index contributed by atoms with van der Waals surface area (Å²) in [6.45, 7) is 0. The molecule has 0 atom stereocenters. The molecule has 0 bridgehead atoms. The largest absolute Gasteiger partial charge is 0.361 e. The number of benzene rings is 2. The fourth-order valence-corrected chi connectivity index (χ4v) is 2.47. The Balaban J connectivity index is 1.61. The van der Waals surface area contributed by atoms with Crippen LogP contribution in [0.4, 0.5) is 5.69 Å². The van der Waals surface area contributed by atoms with Gasteiger partial charge in [0.25, 0.3) is 0 Å². The highest BCUT2D eigenvalue weighted by atomic mass is 35.5. The molecule has 6 nitrogen and oxygen atoms in total. The first kappa shape index (κ1) is 17.0. The number of hydrogen-bond acceptors (Lipinski definition) is 3. The summed E-state index contributed by atoms with van der Waals surface area (Å²) in [5.41, 5.74) is 4.28. The Hall–Kier alpha value is -2.83. The van der Waals surface area contributed by atoms with Crippen LogP contribution in [-0.2, 0) is 9.59 Å². The van der Waals surface area contributed by atoms with Gasteiger partial charge in [-0.1, -0.05) is 41.4 Å². The zero-order valence-corrected chi connectivity index (χ0v) is 14.2. The molecule has 0 saturated carbocycles. The Labute approximate surface area is 152 Å². The minimum absolute atomic E-state index is 0.275. The van der Waals surface area contributed by atoms with E-state index in [9.17, 15) is 9.59 Å². The predicted molar refractivity (Wildman–Crippen MR) is 99.1 cm³/mol. The number of amides is 2. The average Bonchev–Trinajstić information content (AvgIpc) is 3.01. The number of hydrazone groups is 1. The SMILES string of the molecule is O=C(N/N=C\c1c[nH]c2ccccc12)C(=O)Nc1ccc(Cl)c(Cl)c1. The summed E-state index contributed by atoms with van der Waals surface area (Å²) in [6, 6.07) is 12.2. The van der Waals surface area contributed by atoms with Crippen molar-refractivity contribution in [3.63, 3.8) is 0 Å². The summed E-state index contributed by atoms with van der Waals surface area (Å²) in [7, 11) is 0. The van der Waals surface area contributed by atoms with Gasteiger partial charge in [0.2, 0.25) is 0 Å². The molecule has 1 aromatic heterocycles. The van der Waals surface area contributed by atoms with Crippen molar-refractivity contribution >= 4 is 57.8 Å². The van der Waals surface area contributed by atoms with Gasteiger partial charge in [-0.2, -0.15) is 5.10 Å². The molecule has 0 aliphatic heterocycles. The van der Waals surface area contributed by atoms with E-state index >= 15 is 0 Å². The van der Waals surface area contributed by atoms with Gasteiger partial charge in [0.15, 0.2) is 0 Å². The van der Waals surface area contributed by atoms with E-state index in [1.165, 1.54) is 24.4 Å². The maximum absolute atomic E-state index is 11.8. The van der Waals surface area contributed by atoms with Crippen molar-refractivity contribution in [3.8, 4) is 0 Å². The van der Waals surface area contributed by atoms with Crippen LogP contribution in [0.5, 0.6) is 0 Å². The second-order valence-corrected chi connectivity index (χ2v) is 5.89. The maximum atomic E-state index is 11.8. The van der Waals surface area contributed by atoms with Gasteiger partial charge in [0.1, 0.15) is 0 Å². The van der Waals surface area contributed by atoms with E-state index in [1.807, 2.05) is 24.3 Å². The lowest BCUT2D eigenvalue weighted by molar-refractivity contribution is -0.136. The van der Waals surface area contributed by atoms with Crippen LogP contribution in [0.25, 0.3) is 10.9 Å². The first-order valence-corrected chi connectivity index (χ1v) is 7.96. The number of carbonyl (C=O) groups excluding carboxylic acids is 2. The minimum Gasteiger partial charge on any atom is -0.361 e. The molecule has 0 fully saturated rings. The van der Waals surface area contributed by atoms with Crippen LogP contribution in [0.1, 0.15) is 5.56 Å². The van der Waals surface area contributed by atoms with Crippen molar-refractivity contribution in [2.45, 2.75) is 0 Å². The van der Waals surface area contributed by atoms with Gasteiger partial charge in [-0.25, -0.2) is 5.43 Å². The first-order valence-electron chi connectivity index (χ1n) is 7.20. The molecule has 3 N–H and O–H groups in total. The van der Waals surface area contributed by atoms with E-state index < -0.39 is 11.8 Å². The minimum atomic E-state index is -0.901. The Bertz CT molecular complexity index is 982. The van der Waals surface area contributed by atoms with E-state index in [0.29, 0.717) is 10.7 Å². The molecule has 2 amide bonds. The van der Waals surface area contributed by atoms with E-state index in [0.717, 1.165) is 16.5 Å². The van der Waals surface area contributed by atoms with Crippen LogP contribution in [0.2, 0.25) is 10.0 Å². The number of nitrogens with one attached hydrogen (secondary N) is 3. The van der Waals surface area contributed by atoms with Crippen LogP contribution in [-0.4, -0.2) is 23.0 Å². The lowest BCUT2D eigenvalue weighted by Gasteiger charge is -2.05. The highest BCUT2D eigenvalue weighted by Gasteiger charge is 2.13. The fraction of sp³-hybridized carbons (Fsp3) is 0. The lowest BCUT2D eigenvalue weighted by Crippen LogP contribution is -2.32. The standard InChI is InChI=1S/C17H12Cl2N4O2/c18-13-6-5-11(7-14(13)19)22-16(24)17(25)23-21-9-10-8-20-15-4-2-1-3-12(10)15/h1-9,20H,(H,22,24)(H,23,25)/b21-9-. The van der Waals surface area contributed by atoms with Crippen molar-refractivity contribution in [1.29, 1.82) is 0 Å². The van der Waals surface area contributed by atoms with Gasteiger partial charge >= 0.3 is 11.8 Å². The normalized spacial score (nSPS) is 11.0. The summed E-state index contributed by atoms with van der Waals surface area (Å²) < 4.78 is 0. The second-order valence-electron chi connectivity index (χ2n) is 5.07. The Morgan fingerprint density at radius 3 is 2.64 bits per heavy atom. The number of nitrogens with zero attached hydrogens (tertiary/aromatic N) is 1. The molecular formula is C17H12Cl2N4O2. The molecule has 8 heteroatoms. The van der Waals surface area contributed by atoms with Gasteiger partial charge in [-0.3, -0.25) is 9.59 Å². The number of halogens is 2. The van der Waals surface area contributed by atoms with E-state index in [1.54, 1.807) is 6.20 Å². The van der Waals surface area contributed by atoms with Crippen LogP contribution in [0.15, 0.2) is 53.8 Å². The third kappa shape index (κ3) is 3.99. The third-order valence-corrected chi connectivity index (χ3v) is 4.11. The zero-order chi connectivity index (χ0) is 17.8. The molecule has 0 spiro atoms. The molecule has 0 radical (unpaired) electrons. The van der Waals surface area contributed by atoms with Gasteiger partial charge in [0.05, 0.1) is 16.3 Å². The predicted octanol–water partition coefficient (Wildman–Crippen LogP) is 3.56. The van der Waals surface area contributed by atoms with Crippen LogP contribution in [0, 0.1) is 0 Å². The van der Waals surface area contributed by atoms with Gasteiger partial charge in [0, 0.05) is 28.4 Å². The Morgan fingerprint density at radius 1 is 1.04 bits per heavy atom. The van der Waals surface area contributed by atoms with Crippen molar-refractivity contribution < 1.29 is 9.59 Å². The number of para-hydroxylation sites is 1.